The highest BCUT2D eigenvalue weighted by atomic mass is 127. The van der Waals surface area contributed by atoms with Gasteiger partial charge in [-0.1, -0.05) is 6.07 Å². The van der Waals surface area contributed by atoms with E-state index in [0.29, 0.717) is 15.6 Å². The van der Waals surface area contributed by atoms with Crippen molar-refractivity contribution in [3.63, 3.8) is 0 Å². The number of alkyl halides is 6. The Morgan fingerprint density at radius 2 is 1.64 bits per heavy atom. The van der Waals surface area contributed by atoms with E-state index < -0.39 is 30.2 Å². The zero-order valence-corrected chi connectivity index (χ0v) is 14.5. The maximum atomic E-state index is 12.4. The molecule has 0 saturated carbocycles. The second kappa shape index (κ2) is 7.00. The molecule has 0 heterocycles. The Hall–Kier alpha value is -1.53. The third-order valence-corrected chi connectivity index (χ3v) is 4.88. The van der Waals surface area contributed by atoms with Crippen LogP contribution in [0.15, 0.2) is 12.1 Å². The normalized spacial score (nSPS) is 17.6. The van der Waals surface area contributed by atoms with Gasteiger partial charge in [-0.05, 0) is 59.0 Å². The van der Waals surface area contributed by atoms with E-state index in [9.17, 15) is 35.9 Å². The number of nitrogens with one attached hydrogen (secondary N) is 2. The quantitative estimate of drug-likeness (QED) is 0.505. The SMILES string of the molecule is O=C(Nc1ccc2c(c1I)CC(NC(=O)C(F)(F)F)CC2)C(F)(F)F. The smallest absolute Gasteiger partial charge is 0.345 e. The molecule has 0 saturated heterocycles. The summed E-state index contributed by atoms with van der Waals surface area (Å²) in [7, 11) is 0. The van der Waals surface area contributed by atoms with Crippen molar-refractivity contribution in [1.29, 1.82) is 0 Å². The molecule has 1 aliphatic carbocycles. The highest BCUT2D eigenvalue weighted by Crippen LogP contribution is 2.32. The van der Waals surface area contributed by atoms with E-state index in [0.717, 1.165) is 5.56 Å². The van der Waals surface area contributed by atoms with Gasteiger partial charge in [-0.25, -0.2) is 0 Å². The second-order valence-corrected chi connectivity index (χ2v) is 6.51. The number of carbonyl (C=O) groups excluding carboxylic acids is 2. The molecule has 1 aliphatic rings. The summed E-state index contributed by atoms with van der Waals surface area (Å²) in [6.45, 7) is 0. The molecule has 1 unspecified atom stereocenters. The minimum atomic E-state index is -5.05. The molecule has 1 atom stereocenters. The summed E-state index contributed by atoms with van der Waals surface area (Å²) in [5.74, 6) is -4.19. The zero-order valence-electron chi connectivity index (χ0n) is 12.3. The van der Waals surface area contributed by atoms with Gasteiger partial charge in [0.05, 0.1) is 5.69 Å². The number of hydrogen-bond donors (Lipinski definition) is 2. The lowest BCUT2D eigenvalue weighted by molar-refractivity contribution is -0.174. The minimum Gasteiger partial charge on any atom is -0.345 e. The molecule has 25 heavy (non-hydrogen) atoms. The molecule has 2 N–H and O–H groups in total. The van der Waals surface area contributed by atoms with Crippen LogP contribution in [0.25, 0.3) is 0 Å². The highest BCUT2D eigenvalue weighted by molar-refractivity contribution is 14.1. The van der Waals surface area contributed by atoms with E-state index in [1.54, 1.807) is 27.9 Å². The van der Waals surface area contributed by atoms with Crippen molar-refractivity contribution in [2.24, 2.45) is 0 Å². The Balaban J connectivity index is 2.19. The van der Waals surface area contributed by atoms with Crippen molar-refractivity contribution >= 4 is 40.1 Å². The molecular formula is C14H11F6IN2O2. The molecular weight excluding hydrogens is 469 g/mol. The summed E-state index contributed by atoms with van der Waals surface area (Å²) in [5.41, 5.74) is 1.19. The molecule has 0 bridgehead atoms. The lowest BCUT2D eigenvalue weighted by Gasteiger charge is -2.27. The van der Waals surface area contributed by atoms with Crippen molar-refractivity contribution < 1.29 is 35.9 Å². The Bertz CT molecular complexity index is 702. The summed E-state index contributed by atoms with van der Waals surface area (Å²) in [6.07, 6.45) is -9.38. The molecule has 0 fully saturated rings. The number of aryl methyl sites for hydroxylation is 1. The summed E-state index contributed by atoms with van der Waals surface area (Å²) in [4.78, 5) is 22.1. The topological polar surface area (TPSA) is 58.2 Å². The molecule has 0 radical (unpaired) electrons. The first-order valence-electron chi connectivity index (χ1n) is 6.95. The van der Waals surface area contributed by atoms with Gasteiger partial charge in [0.2, 0.25) is 0 Å². The van der Waals surface area contributed by atoms with E-state index in [1.807, 2.05) is 5.32 Å². The Kier molecular flexibility index (Phi) is 5.54. The van der Waals surface area contributed by atoms with Gasteiger partial charge in [0.1, 0.15) is 0 Å². The molecule has 11 heteroatoms. The van der Waals surface area contributed by atoms with Crippen LogP contribution in [0.3, 0.4) is 0 Å². The average Bonchev–Trinajstić information content (AvgIpc) is 2.48. The average molecular weight is 480 g/mol. The summed E-state index contributed by atoms with van der Waals surface area (Å²) < 4.78 is 74.4. The van der Waals surface area contributed by atoms with E-state index in [1.165, 1.54) is 12.1 Å². The van der Waals surface area contributed by atoms with Crippen LogP contribution in [0.2, 0.25) is 0 Å². The molecule has 1 aromatic rings. The summed E-state index contributed by atoms with van der Waals surface area (Å²) in [5, 5.41) is 3.62. The first-order valence-corrected chi connectivity index (χ1v) is 8.03. The molecule has 0 aliphatic heterocycles. The van der Waals surface area contributed by atoms with Crippen LogP contribution in [-0.2, 0) is 22.4 Å². The van der Waals surface area contributed by atoms with Crippen molar-refractivity contribution in [2.75, 3.05) is 5.32 Å². The number of fused-ring (bicyclic) bond motifs is 1. The molecule has 0 aromatic heterocycles. The summed E-state index contributed by atoms with van der Waals surface area (Å²) in [6, 6.07) is 2.05. The predicted molar refractivity (Wildman–Crippen MR) is 83.9 cm³/mol. The van der Waals surface area contributed by atoms with Crippen LogP contribution < -0.4 is 10.6 Å². The van der Waals surface area contributed by atoms with Crippen molar-refractivity contribution in [2.45, 2.75) is 37.7 Å². The number of hydrogen-bond acceptors (Lipinski definition) is 2. The van der Waals surface area contributed by atoms with Crippen LogP contribution in [0.4, 0.5) is 32.0 Å². The Labute approximate surface area is 151 Å². The molecule has 2 amide bonds. The number of halogens is 7. The van der Waals surface area contributed by atoms with Gasteiger partial charge in [0.15, 0.2) is 0 Å². The number of anilines is 1. The van der Waals surface area contributed by atoms with Crippen LogP contribution >= 0.6 is 22.6 Å². The monoisotopic (exact) mass is 480 g/mol. The maximum Gasteiger partial charge on any atom is 0.471 e. The van der Waals surface area contributed by atoms with Gasteiger partial charge in [0.25, 0.3) is 0 Å². The van der Waals surface area contributed by atoms with E-state index in [2.05, 4.69) is 0 Å². The zero-order chi connectivity index (χ0) is 19.0. The fourth-order valence-electron chi connectivity index (χ4n) is 2.47. The molecule has 4 nitrogen and oxygen atoms in total. The summed E-state index contributed by atoms with van der Waals surface area (Å²) >= 11 is 1.73. The van der Waals surface area contributed by atoms with Crippen molar-refractivity contribution in [3.8, 4) is 0 Å². The van der Waals surface area contributed by atoms with Crippen LogP contribution in [0.5, 0.6) is 0 Å². The molecule has 1 aromatic carbocycles. The first kappa shape index (κ1) is 19.8. The molecule has 138 valence electrons. The third-order valence-electron chi connectivity index (χ3n) is 3.65. The van der Waals surface area contributed by atoms with E-state index >= 15 is 0 Å². The number of amides is 2. The van der Waals surface area contributed by atoms with Crippen LogP contribution in [0.1, 0.15) is 17.5 Å². The largest absolute Gasteiger partial charge is 0.471 e. The van der Waals surface area contributed by atoms with E-state index in [4.69, 9.17) is 0 Å². The van der Waals surface area contributed by atoms with Crippen molar-refractivity contribution in [1.82, 2.24) is 5.32 Å². The van der Waals surface area contributed by atoms with Gasteiger partial charge in [-0.15, -0.1) is 0 Å². The minimum absolute atomic E-state index is 0.0329. The molecule has 0 spiro atoms. The number of rotatable bonds is 2. The predicted octanol–water partition coefficient (Wildman–Crippen LogP) is 3.33. The van der Waals surface area contributed by atoms with Crippen molar-refractivity contribution in [3.05, 3.63) is 26.8 Å². The fourth-order valence-corrected chi connectivity index (χ4v) is 3.36. The number of carbonyl (C=O) groups is 2. The van der Waals surface area contributed by atoms with Gasteiger partial charge in [0, 0.05) is 9.61 Å². The standard InChI is InChI=1S/C14H11F6IN2O2/c15-13(16,17)11(24)22-7-3-1-6-2-4-9(10(21)8(6)5-7)23-12(25)14(18,19)20/h2,4,7H,1,3,5H2,(H,22,24)(H,23,25). The first-order chi connectivity index (χ1) is 11.4. The fraction of sp³-hybridized carbons (Fsp3) is 0.429. The van der Waals surface area contributed by atoms with Gasteiger partial charge >= 0.3 is 24.2 Å². The molecule has 2 rings (SSSR count). The van der Waals surface area contributed by atoms with Gasteiger partial charge < -0.3 is 10.6 Å². The Morgan fingerprint density at radius 3 is 2.20 bits per heavy atom. The van der Waals surface area contributed by atoms with Crippen LogP contribution in [-0.4, -0.2) is 30.2 Å². The highest BCUT2D eigenvalue weighted by Gasteiger charge is 2.41. The number of benzene rings is 1. The maximum absolute atomic E-state index is 12.4. The lowest BCUT2D eigenvalue weighted by atomic mass is 9.88. The van der Waals surface area contributed by atoms with Crippen LogP contribution in [0, 0.1) is 3.57 Å². The van der Waals surface area contributed by atoms with Gasteiger partial charge in [-0.3, -0.25) is 9.59 Å². The van der Waals surface area contributed by atoms with Gasteiger partial charge in [-0.2, -0.15) is 26.3 Å². The third kappa shape index (κ3) is 4.76. The Morgan fingerprint density at radius 1 is 1.04 bits per heavy atom. The second-order valence-electron chi connectivity index (χ2n) is 5.43. The lowest BCUT2D eigenvalue weighted by Crippen LogP contribution is -2.45. The van der Waals surface area contributed by atoms with E-state index in [-0.39, 0.29) is 18.5 Å².